The van der Waals surface area contributed by atoms with Gasteiger partial charge in [-0.2, -0.15) is 0 Å². The van der Waals surface area contributed by atoms with Gasteiger partial charge in [-0.1, -0.05) is 55.3 Å². The van der Waals surface area contributed by atoms with E-state index in [9.17, 15) is 0 Å². The van der Waals surface area contributed by atoms with Crippen molar-refractivity contribution >= 4 is 21.5 Å². The highest BCUT2D eigenvalue weighted by Crippen LogP contribution is 2.30. The molecule has 22 heavy (non-hydrogen) atoms. The van der Waals surface area contributed by atoms with Gasteiger partial charge in [-0.3, -0.25) is 0 Å². The highest BCUT2D eigenvalue weighted by molar-refractivity contribution is 9.10. The van der Waals surface area contributed by atoms with Crippen molar-refractivity contribution in [3.05, 3.63) is 74.8 Å². The Morgan fingerprint density at radius 2 is 1.91 bits per heavy atom. The molecule has 0 radical (unpaired) electrons. The van der Waals surface area contributed by atoms with Crippen molar-refractivity contribution in [2.24, 2.45) is 0 Å². The molecule has 0 aliphatic rings. The largest absolute Gasteiger partial charge is 0.115 e. The summed E-state index contributed by atoms with van der Waals surface area (Å²) in [5.41, 5.74) is 8.14. The maximum Gasteiger partial charge on any atom is 0.0462 e. The number of terminal acetylenes is 1. The molecule has 0 saturated heterocycles. The summed E-state index contributed by atoms with van der Waals surface area (Å²) in [7, 11) is 0. The lowest BCUT2D eigenvalue weighted by molar-refractivity contribution is 1.09. The quantitative estimate of drug-likeness (QED) is 0.598. The SMILES string of the molecule is C#Cc1c(C(=C)C)ccc(Cc2cc(C)cc(CC)c2)c1Br. The molecule has 0 nitrogen and oxygen atoms in total. The molecule has 2 aromatic rings. The van der Waals surface area contributed by atoms with Crippen molar-refractivity contribution in [2.45, 2.75) is 33.6 Å². The van der Waals surface area contributed by atoms with Crippen LogP contribution < -0.4 is 0 Å². The van der Waals surface area contributed by atoms with Crippen LogP contribution in [-0.2, 0) is 12.8 Å². The Labute approximate surface area is 142 Å². The topological polar surface area (TPSA) is 0 Å². The first-order chi connectivity index (χ1) is 10.5. The van der Waals surface area contributed by atoms with E-state index in [4.69, 9.17) is 6.42 Å². The Kier molecular flexibility index (Phi) is 5.27. The molecule has 0 N–H and O–H groups in total. The van der Waals surface area contributed by atoms with Gasteiger partial charge in [-0.15, -0.1) is 6.42 Å². The minimum absolute atomic E-state index is 0.875. The molecule has 2 aromatic carbocycles. The van der Waals surface area contributed by atoms with Crippen LogP contribution in [-0.4, -0.2) is 0 Å². The predicted molar refractivity (Wildman–Crippen MR) is 100 cm³/mol. The molecule has 0 aliphatic carbocycles. The molecule has 0 saturated carbocycles. The van der Waals surface area contributed by atoms with E-state index < -0.39 is 0 Å². The molecule has 2 rings (SSSR count). The number of halogens is 1. The predicted octanol–water partition coefficient (Wildman–Crippen LogP) is 5.93. The van der Waals surface area contributed by atoms with Crippen molar-refractivity contribution in [1.29, 1.82) is 0 Å². The van der Waals surface area contributed by atoms with E-state index in [0.29, 0.717) is 0 Å². The van der Waals surface area contributed by atoms with Crippen LogP contribution in [0.25, 0.3) is 5.57 Å². The van der Waals surface area contributed by atoms with Gasteiger partial charge in [0, 0.05) is 10.0 Å². The van der Waals surface area contributed by atoms with Crippen LogP contribution in [0, 0.1) is 19.3 Å². The highest BCUT2D eigenvalue weighted by Gasteiger charge is 2.11. The van der Waals surface area contributed by atoms with Crippen LogP contribution in [0.2, 0.25) is 0 Å². The first-order valence-corrected chi connectivity index (χ1v) is 8.28. The van der Waals surface area contributed by atoms with Gasteiger partial charge < -0.3 is 0 Å². The van der Waals surface area contributed by atoms with Crippen LogP contribution in [0.4, 0.5) is 0 Å². The second kappa shape index (κ2) is 6.99. The molecule has 0 bridgehead atoms. The summed E-state index contributed by atoms with van der Waals surface area (Å²) in [6, 6.07) is 11.0. The van der Waals surface area contributed by atoms with E-state index in [0.717, 1.165) is 34.0 Å². The van der Waals surface area contributed by atoms with Gasteiger partial charge in [0.1, 0.15) is 0 Å². The smallest absolute Gasteiger partial charge is 0.0462 e. The zero-order valence-electron chi connectivity index (χ0n) is 13.5. The van der Waals surface area contributed by atoms with E-state index in [2.05, 4.69) is 72.6 Å². The zero-order valence-corrected chi connectivity index (χ0v) is 15.0. The molecule has 0 spiro atoms. The van der Waals surface area contributed by atoms with Crippen LogP contribution in [0.5, 0.6) is 0 Å². The molecule has 0 fully saturated rings. The lowest BCUT2D eigenvalue weighted by Gasteiger charge is -2.13. The summed E-state index contributed by atoms with van der Waals surface area (Å²) in [6.07, 6.45) is 7.63. The molecule has 0 atom stereocenters. The Morgan fingerprint density at radius 1 is 1.23 bits per heavy atom. The van der Waals surface area contributed by atoms with Gasteiger partial charge in [0.2, 0.25) is 0 Å². The van der Waals surface area contributed by atoms with E-state index in [1.807, 2.05) is 6.92 Å². The number of hydrogen-bond acceptors (Lipinski definition) is 0. The van der Waals surface area contributed by atoms with Crippen LogP contribution in [0.1, 0.15) is 47.2 Å². The number of rotatable bonds is 4. The van der Waals surface area contributed by atoms with Gasteiger partial charge in [-0.05, 0) is 70.4 Å². The first-order valence-electron chi connectivity index (χ1n) is 7.49. The van der Waals surface area contributed by atoms with Gasteiger partial charge in [0.15, 0.2) is 0 Å². The number of aryl methyl sites for hydroxylation is 2. The maximum absolute atomic E-state index is 5.70. The molecule has 0 aliphatic heterocycles. The summed E-state index contributed by atoms with van der Waals surface area (Å²) >= 11 is 3.69. The third-order valence-electron chi connectivity index (χ3n) is 3.83. The van der Waals surface area contributed by atoms with Gasteiger partial charge in [-0.25, -0.2) is 0 Å². The van der Waals surface area contributed by atoms with Gasteiger partial charge >= 0.3 is 0 Å². The zero-order chi connectivity index (χ0) is 16.3. The Hall–Kier alpha value is -1.78. The molecular weight excluding hydrogens is 332 g/mol. The average Bonchev–Trinajstić information content (AvgIpc) is 2.48. The van der Waals surface area contributed by atoms with E-state index in [1.54, 1.807) is 0 Å². The number of allylic oxidation sites excluding steroid dienone is 1. The standard InChI is InChI=1S/C21H21Br/c1-6-16-10-15(5)11-17(12-16)13-18-8-9-20(14(3)4)19(7-2)21(18)22/h2,8-12H,3,6,13H2,1,4-5H3. The summed E-state index contributed by atoms with van der Waals surface area (Å²) in [4.78, 5) is 0. The van der Waals surface area contributed by atoms with E-state index >= 15 is 0 Å². The van der Waals surface area contributed by atoms with Crippen molar-refractivity contribution in [2.75, 3.05) is 0 Å². The summed E-state index contributed by atoms with van der Waals surface area (Å²) in [5, 5.41) is 0. The van der Waals surface area contributed by atoms with Crippen molar-refractivity contribution < 1.29 is 0 Å². The summed E-state index contributed by atoms with van der Waals surface area (Å²) in [5.74, 6) is 2.80. The fourth-order valence-corrected chi connectivity index (χ4v) is 3.33. The molecule has 0 unspecified atom stereocenters. The number of hydrogen-bond donors (Lipinski definition) is 0. The van der Waals surface area contributed by atoms with Crippen molar-refractivity contribution in [1.82, 2.24) is 0 Å². The van der Waals surface area contributed by atoms with Crippen LogP contribution in [0.15, 0.2) is 41.4 Å². The van der Waals surface area contributed by atoms with Gasteiger partial charge in [0.05, 0.1) is 0 Å². The minimum Gasteiger partial charge on any atom is -0.115 e. The van der Waals surface area contributed by atoms with Gasteiger partial charge in [0.25, 0.3) is 0 Å². The minimum atomic E-state index is 0.875. The van der Waals surface area contributed by atoms with E-state index in [1.165, 1.54) is 22.3 Å². The Balaban J connectivity index is 2.45. The molecule has 0 aromatic heterocycles. The first kappa shape index (κ1) is 16.6. The Morgan fingerprint density at radius 3 is 2.50 bits per heavy atom. The monoisotopic (exact) mass is 352 g/mol. The average molecular weight is 353 g/mol. The maximum atomic E-state index is 5.70. The second-order valence-corrected chi connectivity index (χ2v) is 6.54. The second-order valence-electron chi connectivity index (χ2n) is 5.74. The molecule has 0 amide bonds. The summed E-state index contributed by atoms with van der Waals surface area (Å²) in [6.45, 7) is 10.3. The lowest BCUT2D eigenvalue weighted by Crippen LogP contribution is -1.97. The molecule has 1 heteroatoms. The molecule has 112 valence electrons. The molecule has 0 heterocycles. The molecular formula is C21H21Br. The normalized spacial score (nSPS) is 10.3. The Bertz CT molecular complexity index is 760. The highest BCUT2D eigenvalue weighted by atomic mass is 79.9. The summed E-state index contributed by atoms with van der Waals surface area (Å²) < 4.78 is 1.01. The third-order valence-corrected chi connectivity index (χ3v) is 4.73. The third kappa shape index (κ3) is 3.51. The van der Waals surface area contributed by atoms with Crippen LogP contribution in [0.3, 0.4) is 0 Å². The van der Waals surface area contributed by atoms with Crippen molar-refractivity contribution in [3.63, 3.8) is 0 Å². The van der Waals surface area contributed by atoms with E-state index in [-0.39, 0.29) is 0 Å². The number of benzene rings is 2. The van der Waals surface area contributed by atoms with Crippen molar-refractivity contribution in [3.8, 4) is 12.3 Å². The van der Waals surface area contributed by atoms with Crippen LogP contribution >= 0.6 is 15.9 Å². The lowest BCUT2D eigenvalue weighted by atomic mass is 9.95. The fourth-order valence-electron chi connectivity index (χ4n) is 2.73. The fraction of sp³-hybridized carbons (Fsp3) is 0.238.